The molecule has 6 nitrogen and oxygen atoms in total. The molecule has 142 valence electrons. The minimum atomic E-state index is -0.239. The maximum Gasteiger partial charge on any atom is 0.272 e. The minimum absolute atomic E-state index is 0.0514. The number of anilines is 1. The molecule has 1 aromatic carbocycles. The Kier molecular flexibility index (Phi) is 5.29. The van der Waals surface area contributed by atoms with E-state index >= 15 is 0 Å². The number of rotatable bonds is 3. The monoisotopic (exact) mass is 370 g/mol. The van der Waals surface area contributed by atoms with Gasteiger partial charge in [0.25, 0.3) is 5.91 Å². The molecule has 2 aromatic rings. The lowest BCUT2D eigenvalue weighted by atomic mass is 9.96. The zero-order valence-corrected chi connectivity index (χ0v) is 15.2. The quantitative estimate of drug-likeness (QED) is 0.831. The highest BCUT2D eigenvalue weighted by atomic mass is 19.1. The predicted octanol–water partition coefficient (Wildman–Crippen LogP) is 2.47. The molecule has 3 heterocycles. The first-order chi connectivity index (χ1) is 13.2. The number of hydrogen-bond donors (Lipinski definition) is 0. The van der Waals surface area contributed by atoms with Crippen molar-refractivity contribution in [3.8, 4) is 0 Å². The Morgan fingerprint density at radius 1 is 1.04 bits per heavy atom. The van der Waals surface area contributed by atoms with Crippen molar-refractivity contribution in [2.24, 2.45) is 0 Å². The van der Waals surface area contributed by atoms with Gasteiger partial charge in [-0.2, -0.15) is 0 Å². The van der Waals surface area contributed by atoms with Crippen LogP contribution in [-0.2, 0) is 4.74 Å². The third kappa shape index (κ3) is 4.08. The van der Waals surface area contributed by atoms with E-state index in [2.05, 4.69) is 14.9 Å². The van der Waals surface area contributed by atoms with Crippen molar-refractivity contribution < 1.29 is 13.9 Å². The van der Waals surface area contributed by atoms with Crippen molar-refractivity contribution in [3.63, 3.8) is 0 Å². The maximum absolute atomic E-state index is 13.1. The van der Waals surface area contributed by atoms with Gasteiger partial charge in [0.2, 0.25) is 0 Å². The Labute approximate surface area is 158 Å². The van der Waals surface area contributed by atoms with Crippen molar-refractivity contribution in [1.82, 2.24) is 14.9 Å². The molecule has 4 rings (SSSR count). The number of halogens is 1. The summed E-state index contributed by atoms with van der Waals surface area (Å²) in [4.78, 5) is 25.4. The number of carbonyl (C=O) groups is 1. The number of benzene rings is 1. The fourth-order valence-electron chi connectivity index (χ4n) is 3.69. The highest BCUT2D eigenvalue weighted by Gasteiger charge is 2.25. The van der Waals surface area contributed by atoms with Gasteiger partial charge in [0.15, 0.2) is 0 Å². The Morgan fingerprint density at radius 2 is 1.74 bits per heavy atom. The van der Waals surface area contributed by atoms with Gasteiger partial charge in [-0.05, 0) is 43.2 Å². The van der Waals surface area contributed by atoms with Gasteiger partial charge in [-0.3, -0.25) is 4.79 Å². The molecule has 0 radical (unpaired) electrons. The Hall–Kier alpha value is -2.54. The highest BCUT2D eigenvalue weighted by Crippen LogP contribution is 2.25. The summed E-state index contributed by atoms with van der Waals surface area (Å²) >= 11 is 0. The smallest absolute Gasteiger partial charge is 0.272 e. The zero-order chi connectivity index (χ0) is 18.6. The summed E-state index contributed by atoms with van der Waals surface area (Å²) in [6, 6.07) is 8.32. The first-order valence-electron chi connectivity index (χ1n) is 9.40. The van der Waals surface area contributed by atoms with Crippen LogP contribution in [0.3, 0.4) is 0 Å². The minimum Gasteiger partial charge on any atom is -0.381 e. The van der Waals surface area contributed by atoms with E-state index in [-0.39, 0.29) is 11.7 Å². The maximum atomic E-state index is 13.1. The summed E-state index contributed by atoms with van der Waals surface area (Å²) in [5.41, 5.74) is 2.37. The number of aromatic nitrogens is 2. The Bertz CT molecular complexity index is 785. The molecule has 0 atom stereocenters. The van der Waals surface area contributed by atoms with Crippen LogP contribution in [-0.4, -0.2) is 60.2 Å². The fraction of sp³-hybridized carbons (Fsp3) is 0.450. The standard InChI is InChI=1S/C20H23FN4O2/c21-16-1-3-17(4-2-16)24-7-9-25(10-8-24)20(26)19-13-18(22-14-23-19)15-5-11-27-12-6-15/h1-4,13-15H,5-12H2. The highest BCUT2D eigenvalue weighted by molar-refractivity contribution is 5.92. The van der Waals surface area contributed by atoms with Crippen molar-refractivity contribution in [3.05, 3.63) is 53.9 Å². The molecule has 0 spiro atoms. The van der Waals surface area contributed by atoms with Gasteiger partial charge in [0.05, 0.1) is 0 Å². The second-order valence-corrected chi connectivity index (χ2v) is 6.97. The van der Waals surface area contributed by atoms with Crippen LogP contribution < -0.4 is 4.90 Å². The van der Waals surface area contributed by atoms with E-state index in [0.29, 0.717) is 24.7 Å². The fourth-order valence-corrected chi connectivity index (χ4v) is 3.69. The summed E-state index contributed by atoms with van der Waals surface area (Å²) in [5, 5.41) is 0. The Morgan fingerprint density at radius 3 is 2.44 bits per heavy atom. The van der Waals surface area contributed by atoms with Crippen molar-refractivity contribution in [1.29, 1.82) is 0 Å². The van der Waals surface area contributed by atoms with Crippen LogP contribution in [0.5, 0.6) is 0 Å². The number of carbonyl (C=O) groups excluding carboxylic acids is 1. The summed E-state index contributed by atoms with van der Waals surface area (Å²) < 4.78 is 18.5. The molecule has 1 amide bonds. The zero-order valence-electron chi connectivity index (χ0n) is 15.2. The lowest BCUT2D eigenvalue weighted by Crippen LogP contribution is -2.49. The molecule has 0 N–H and O–H groups in total. The van der Waals surface area contributed by atoms with E-state index in [9.17, 15) is 9.18 Å². The van der Waals surface area contributed by atoms with Gasteiger partial charge in [-0.15, -0.1) is 0 Å². The molecular formula is C20H23FN4O2. The van der Waals surface area contributed by atoms with Crippen molar-refractivity contribution in [2.45, 2.75) is 18.8 Å². The second kappa shape index (κ2) is 8.00. The van der Waals surface area contributed by atoms with Crippen LogP contribution in [0.1, 0.15) is 34.9 Å². The lowest BCUT2D eigenvalue weighted by molar-refractivity contribution is 0.0739. The van der Waals surface area contributed by atoms with E-state index in [4.69, 9.17) is 4.74 Å². The van der Waals surface area contributed by atoms with E-state index in [1.165, 1.54) is 18.5 Å². The molecule has 0 bridgehead atoms. The van der Waals surface area contributed by atoms with Crippen LogP contribution in [0, 0.1) is 5.82 Å². The summed E-state index contributed by atoms with van der Waals surface area (Å²) in [6.45, 7) is 4.15. The summed E-state index contributed by atoms with van der Waals surface area (Å²) in [5.74, 6) is 0.0461. The van der Waals surface area contributed by atoms with Crippen LogP contribution in [0.15, 0.2) is 36.7 Å². The number of hydrogen-bond acceptors (Lipinski definition) is 5. The average molecular weight is 370 g/mol. The topological polar surface area (TPSA) is 58.6 Å². The van der Waals surface area contributed by atoms with Gasteiger partial charge in [0, 0.05) is 56.7 Å². The third-order valence-electron chi connectivity index (χ3n) is 5.31. The van der Waals surface area contributed by atoms with E-state index < -0.39 is 0 Å². The third-order valence-corrected chi connectivity index (χ3v) is 5.31. The van der Waals surface area contributed by atoms with E-state index in [1.54, 1.807) is 12.1 Å². The van der Waals surface area contributed by atoms with Gasteiger partial charge < -0.3 is 14.5 Å². The molecule has 0 aliphatic carbocycles. The predicted molar refractivity (Wildman–Crippen MR) is 99.3 cm³/mol. The second-order valence-electron chi connectivity index (χ2n) is 6.97. The Balaban J connectivity index is 1.39. The molecular weight excluding hydrogens is 347 g/mol. The van der Waals surface area contributed by atoms with E-state index in [1.807, 2.05) is 11.0 Å². The number of ether oxygens (including phenoxy) is 1. The number of nitrogens with zero attached hydrogens (tertiary/aromatic N) is 4. The SMILES string of the molecule is O=C(c1cc(C2CCOCC2)ncn1)N1CCN(c2ccc(F)cc2)CC1. The molecule has 2 aliphatic rings. The normalized spacial score (nSPS) is 18.6. The summed E-state index contributed by atoms with van der Waals surface area (Å²) in [7, 11) is 0. The number of amides is 1. The average Bonchev–Trinajstić information content (AvgIpc) is 2.75. The number of piperazine rings is 1. The van der Waals surface area contributed by atoms with E-state index in [0.717, 1.165) is 50.5 Å². The first kappa shape index (κ1) is 17.9. The van der Waals surface area contributed by atoms with Gasteiger partial charge in [0.1, 0.15) is 17.8 Å². The molecule has 0 unspecified atom stereocenters. The van der Waals surface area contributed by atoms with Gasteiger partial charge in [-0.1, -0.05) is 0 Å². The lowest BCUT2D eigenvalue weighted by Gasteiger charge is -2.36. The van der Waals surface area contributed by atoms with Crippen LogP contribution >= 0.6 is 0 Å². The van der Waals surface area contributed by atoms with Crippen molar-refractivity contribution >= 4 is 11.6 Å². The summed E-state index contributed by atoms with van der Waals surface area (Å²) in [6.07, 6.45) is 3.36. The molecule has 2 fully saturated rings. The van der Waals surface area contributed by atoms with Gasteiger partial charge in [-0.25, -0.2) is 14.4 Å². The molecule has 0 saturated carbocycles. The molecule has 7 heteroatoms. The molecule has 1 aromatic heterocycles. The molecule has 2 aliphatic heterocycles. The van der Waals surface area contributed by atoms with Crippen LogP contribution in [0.2, 0.25) is 0 Å². The van der Waals surface area contributed by atoms with Crippen molar-refractivity contribution in [2.75, 3.05) is 44.3 Å². The van der Waals surface area contributed by atoms with Crippen LogP contribution in [0.4, 0.5) is 10.1 Å². The molecule has 27 heavy (non-hydrogen) atoms. The van der Waals surface area contributed by atoms with Crippen LogP contribution in [0.25, 0.3) is 0 Å². The van der Waals surface area contributed by atoms with Gasteiger partial charge >= 0.3 is 0 Å². The first-order valence-corrected chi connectivity index (χ1v) is 9.40. The molecule has 2 saturated heterocycles. The largest absolute Gasteiger partial charge is 0.381 e.